The average Bonchev–Trinajstić information content (AvgIpc) is 1.96. The van der Waals surface area contributed by atoms with Gasteiger partial charge >= 0.3 is 5.97 Å². The predicted molar refractivity (Wildman–Crippen MR) is 44.5 cm³/mol. The van der Waals surface area contributed by atoms with Gasteiger partial charge in [0, 0.05) is 6.92 Å². The van der Waals surface area contributed by atoms with Crippen LogP contribution in [0.2, 0.25) is 0 Å². The van der Waals surface area contributed by atoms with Crippen LogP contribution in [0, 0.1) is 5.92 Å². The molecular weight excluding hydrogens is 156 g/mol. The van der Waals surface area contributed by atoms with Gasteiger partial charge in [-0.1, -0.05) is 13.0 Å². The van der Waals surface area contributed by atoms with Gasteiger partial charge in [0.2, 0.25) is 0 Å². The molecule has 12 heavy (non-hydrogen) atoms. The number of carbonyl (C=O) groups is 1. The van der Waals surface area contributed by atoms with Crippen molar-refractivity contribution in [3.05, 3.63) is 12.2 Å². The lowest BCUT2D eigenvalue weighted by Gasteiger charge is -2.25. The van der Waals surface area contributed by atoms with Crippen molar-refractivity contribution in [1.82, 2.24) is 0 Å². The molecule has 3 atom stereocenters. The fourth-order valence-electron chi connectivity index (χ4n) is 1.31. The summed E-state index contributed by atoms with van der Waals surface area (Å²) in [6.45, 7) is 3.33. The Bertz CT molecular complexity index is 198. The summed E-state index contributed by atoms with van der Waals surface area (Å²) >= 11 is 0. The second-order valence-electron chi connectivity index (χ2n) is 3.24. The van der Waals surface area contributed by atoms with Crippen molar-refractivity contribution in [1.29, 1.82) is 0 Å². The molecule has 0 unspecified atom stereocenters. The molecule has 0 spiro atoms. The molecule has 1 rings (SSSR count). The van der Waals surface area contributed by atoms with Crippen LogP contribution in [0.1, 0.15) is 20.3 Å². The minimum Gasteiger partial charge on any atom is -0.458 e. The monoisotopic (exact) mass is 170 g/mol. The van der Waals surface area contributed by atoms with Crippen molar-refractivity contribution in [2.45, 2.75) is 32.5 Å². The van der Waals surface area contributed by atoms with Crippen molar-refractivity contribution >= 4 is 5.97 Å². The number of ether oxygens (including phenoxy) is 1. The van der Waals surface area contributed by atoms with Crippen molar-refractivity contribution in [3.8, 4) is 0 Å². The quantitative estimate of drug-likeness (QED) is 0.469. The molecule has 0 amide bonds. The van der Waals surface area contributed by atoms with Gasteiger partial charge in [-0.05, 0) is 18.4 Å². The third kappa shape index (κ3) is 2.34. The van der Waals surface area contributed by atoms with Crippen molar-refractivity contribution in [2.75, 3.05) is 0 Å². The highest BCUT2D eigenvalue weighted by atomic mass is 16.5. The van der Waals surface area contributed by atoms with Gasteiger partial charge < -0.3 is 9.84 Å². The minimum atomic E-state index is -0.392. The van der Waals surface area contributed by atoms with Crippen LogP contribution in [-0.4, -0.2) is 23.3 Å². The average molecular weight is 170 g/mol. The highest BCUT2D eigenvalue weighted by molar-refractivity contribution is 5.66. The summed E-state index contributed by atoms with van der Waals surface area (Å²) in [5.41, 5.74) is 0. The van der Waals surface area contributed by atoms with Crippen molar-refractivity contribution in [3.63, 3.8) is 0 Å². The lowest BCUT2D eigenvalue weighted by molar-refractivity contribution is -0.145. The summed E-state index contributed by atoms with van der Waals surface area (Å²) in [5.74, 6) is -0.104. The van der Waals surface area contributed by atoms with Crippen LogP contribution in [-0.2, 0) is 9.53 Å². The molecule has 3 nitrogen and oxygen atoms in total. The number of aliphatic hydroxyl groups is 1. The zero-order valence-electron chi connectivity index (χ0n) is 7.36. The van der Waals surface area contributed by atoms with Gasteiger partial charge in [0.15, 0.2) is 0 Å². The van der Waals surface area contributed by atoms with Gasteiger partial charge in [0.05, 0.1) is 6.10 Å². The zero-order chi connectivity index (χ0) is 9.14. The maximum Gasteiger partial charge on any atom is 0.303 e. The normalized spacial score (nSPS) is 34.8. The van der Waals surface area contributed by atoms with Crippen LogP contribution >= 0.6 is 0 Å². The Morgan fingerprint density at radius 1 is 1.58 bits per heavy atom. The summed E-state index contributed by atoms with van der Waals surface area (Å²) in [5, 5.41) is 9.30. The first-order valence-corrected chi connectivity index (χ1v) is 4.13. The molecule has 0 bridgehead atoms. The zero-order valence-corrected chi connectivity index (χ0v) is 7.36. The molecule has 0 aromatic heterocycles. The van der Waals surface area contributed by atoms with Gasteiger partial charge in [-0.15, -0.1) is 0 Å². The molecule has 0 aliphatic heterocycles. The van der Waals surface area contributed by atoms with Crippen molar-refractivity contribution in [2.24, 2.45) is 5.92 Å². The van der Waals surface area contributed by atoms with E-state index in [4.69, 9.17) is 4.74 Å². The van der Waals surface area contributed by atoms with E-state index in [1.54, 1.807) is 12.2 Å². The molecule has 0 fully saturated rings. The summed E-state index contributed by atoms with van der Waals surface area (Å²) in [7, 11) is 0. The second-order valence-corrected chi connectivity index (χ2v) is 3.24. The van der Waals surface area contributed by atoms with E-state index in [0.717, 1.165) is 0 Å². The molecule has 3 heteroatoms. The van der Waals surface area contributed by atoms with E-state index < -0.39 is 6.10 Å². The fraction of sp³-hybridized carbons (Fsp3) is 0.667. The van der Waals surface area contributed by atoms with Crippen LogP contribution in [0.4, 0.5) is 0 Å². The largest absolute Gasteiger partial charge is 0.458 e. The van der Waals surface area contributed by atoms with Gasteiger partial charge in [-0.2, -0.15) is 0 Å². The van der Waals surface area contributed by atoms with Crippen LogP contribution in [0.3, 0.4) is 0 Å². The molecule has 0 heterocycles. The first-order chi connectivity index (χ1) is 5.59. The Morgan fingerprint density at radius 3 is 2.75 bits per heavy atom. The molecular formula is C9H14O3. The fourth-order valence-corrected chi connectivity index (χ4v) is 1.31. The SMILES string of the molecule is CC(=O)O[C@H]1C=C[C@H](O)[C@H](C)C1. The van der Waals surface area contributed by atoms with Crippen LogP contribution < -0.4 is 0 Å². The number of rotatable bonds is 1. The van der Waals surface area contributed by atoms with Crippen LogP contribution in [0.5, 0.6) is 0 Å². The number of carbonyl (C=O) groups excluding carboxylic acids is 1. The lowest BCUT2D eigenvalue weighted by Crippen LogP contribution is -2.27. The number of aliphatic hydroxyl groups excluding tert-OH is 1. The Hall–Kier alpha value is -0.830. The molecule has 0 aromatic rings. The summed E-state index contributed by atoms with van der Waals surface area (Å²) in [4.78, 5) is 10.6. The van der Waals surface area contributed by atoms with Gasteiger partial charge in [-0.3, -0.25) is 4.79 Å². The molecule has 0 saturated carbocycles. The number of hydrogen-bond acceptors (Lipinski definition) is 3. The Balaban J connectivity index is 2.49. The van der Waals surface area contributed by atoms with E-state index >= 15 is 0 Å². The molecule has 0 saturated heterocycles. The van der Waals surface area contributed by atoms with Crippen molar-refractivity contribution < 1.29 is 14.6 Å². The van der Waals surface area contributed by atoms with E-state index in [0.29, 0.717) is 6.42 Å². The molecule has 0 aromatic carbocycles. The predicted octanol–water partition coefficient (Wildman–Crippen LogP) is 0.875. The molecule has 1 aliphatic rings. The lowest BCUT2D eigenvalue weighted by atomic mass is 9.92. The third-order valence-corrected chi connectivity index (χ3v) is 2.03. The van der Waals surface area contributed by atoms with E-state index in [2.05, 4.69) is 0 Å². The molecule has 68 valence electrons. The summed E-state index contributed by atoms with van der Waals surface area (Å²) in [6, 6.07) is 0. The minimum absolute atomic E-state index is 0.152. The van der Waals surface area contributed by atoms with E-state index in [9.17, 15) is 9.90 Å². The van der Waals surface area contributed by atoms with Crippen LogP contribution in [0.25, 0.3) is 0 Å². The first-order valence-electron chi connectivity index (χ1n) is 4.13. The highest BCUT2D eigenvalue weighted by Crippen LogP contribution is 2.20. The smallest absolute Gasteiger partial charge is 0.303 e. The van der Waals surface area contributed by atoms with Crippen LogP contribution in [0.15, 0.2) is 12.2 Å². The van der Waals surface area contributed by atoms with E-state index in [1.807, 2.05) is 6.92 Å². The Kier molecular flexibility index (Phi) is 2.87. The summed E-state index contributed by atoms with van der Waals surface area (Å²) < 4.78 is 4.97. The van der Waals surface area contributed by atoms with Gasteiger partial charge in [0.25, 0.3) is 0 Å². The summed E-state index contributed by atoms with van der Waals surface area (Å²) in [6.07, 6.45) is 3.59. The molecule has 1 N–H and O–H groups in total. The van der Waals surface area contributed by atoms with E-state index in [-0.39, 0.29) is 18.0 Å². The first kappa shape index (κ1) is 9.26. The maximum atomic E-state index is 10.6. The standard InChI is InChI=1S/C9H14O3/c1-6-5-8(12-7(2)10)3-4-9(6)11/h3-4,6,8-9,11H,5H2,1-2H3/t6-,8+,9+/m1/s1. The third-order valence-electron chi connectivity index (χ3n) is 2.03. The number of esters is 1. The van der Waals surface area contributed by atoms with E-state index in [1.165, 1.54) is 6.92 Å². The second kappa shape index (κ2) is 3.72. The Labute approximate surface area is 72.0 Å². The van der Waals surface area contributed by atoms with Gasteiger partial charge in [0.1, 0.15) is 6.10 Å². The molecule has 1 aliphatic carbocycles. The molecule has 0 radical (unpaired) electrons. The topological polar surface area (TPSA) is 46.5 Å². The highest BCUT2D eigenvalue weighted by Gasteiger charge is 2.22. The van der Waals surface area contributed by atoms with Gasteiger partial charge in [-0.25, -0.2) is 0 Å². The Morgan fingerprint density at radius 2 is 2.25 bits per heavy atom. The number of hydrogen-bond donors (Lipinski definition) is 1. The maximum absolute atomic E-state index is 10.6.